The van der Waals surface area contributed by atoms with Gasteiger partial charge in [-0.05, 0) is 49.2 Å². The molecule has 1 aliphatic rings. The average molecular weight is 363 g/mol. The molecule has 1 fully saturated rings. The molecule has 0 saturated heterocycles. The molecule has 5 heteroatoms. The number of rotatable bonds is 2. The first kappa shape index (κ1) is 13.2. The maximum Gasteiger partial charge on any atom is 0.142 e. The van der Waals surface area contributed by atoms with Crippen LogP contribution in [0.5, 0.6) is 0 Å². The number of anilines is 1. The summed E-state index contributed by atoms with van der Waals surface area (Å²) in [6.07, 6.45) is 2.37. The Balaban J connectivity index is 2.04. The van der Waals surface area contributed by atoms with Crippen molar-refractivity contribution in [2.75, 3.05) is 5.73 Å². The predicted molar refractivity (Wildman–Crippen MR) is 90.6 cm³/mol. The van der Waals surface area contributed by atoms with Gasteiger partial charge < -0.3 is 10.3 Å². The zero-order valence-corrected chi connectivity index (χ0v) is 13.5. The minimum atomic E-state index is 0.511. The van der Waals surface area contributed by atoms with Crippen molar-refractivity contribution in [2.45, 2.75) is 18.9 Å². The average Bonchev–Trinajstić information content (AvgIpc) is 3.22. The fourth-order valence-corrected chi connectivity index (χ4v) is 3.26. The highest BCUT2D eigenvalue weighted by atomic mass is 79.9. The van der Waals surface area contributed by atoms with Crippen LogP contribution in [0, 0.1) is 0 Å². The van der Waals surface area contributed by atoms with Crippen molar-refractivity contribution < 1.29 is 0 Å². The Hall–Kier alpha value is -1.52. The van der Waals surface area contributed by atoms with Gasteiger partial charge in [0.15, 0.2) is 0 Å². The van der Waals surface area contributed by atoms with Crippen molar-refractivity contribution in [3.8, 4) is 11.4 Å². The van der Waals surface area contributed by atoms with Gasteiger partial charge in [0.2, 0.25) is 0 Å². The summed E-state index contributed by atoms with van der Waals surface area (Å²) in [5, 5.41) is 0.738. The fraction of sp³-hybridized carbons (Fsp3) is 0.188. The second-order valence-corrected chi connectivity index (χ2v) is 6.70. The molecule has 2 N–H and O–H groups in total. The topological polar surface area (TPSA) is 43.8 Å². The predicted octanol–water partition coefficient (Wildman–Crippen LogP) is 5.04. The molecule has 0 bridgehead atoms. The minimum absolute atomic E-state index is 0.511. The molecule has 0 radical (unpaired) electrons. The maximum atomic E-state index is 6.16. The summed E-state index contributed by atoms with van der Waals surface area (Å²) in [6, 6.07) is 12.2. The van der Waals surface area contributed by atoms with Gasteiger partial charge >= 0.3 is 0 Å². The van der Waals surface area contributed by atoms with Gasteiger partial charge in [0.05, 0.1) is 11.0 Å². The lowest BCUT2D eigenvalue weighted by Gasteiger charge is -2.10. The highest BCUT2D eigenvalue weighted by molar-refractivity contribution is 9.10. The molecule has 0 spiro atoms. The smallest absolute Gasteiger partial charge is 0.142 e. The minimum Gasteiger partial charge on any atom is -0.399 e. The Morgan fingerprint density at radius 2 is 2.00 bits per heavy atom. The third-order valence-corrected chi connectivity index (χ3v) is 4.72. The van der Waals surface area contributed by atoms with Gasteiger partial charge in [-0.25, -0.2) is 4.98 Å². The third kappa shape index (κ3) is 2.23. The summed E-state index contributed by atoms with van der Waals surface area (Å²) in [5.74, 6) is 0.953. The van der Waals surface area contributed by atoms with E-state index >= 15 is 0 Å². The number of nitrogens with two attached hydrogens (primary N) is 1. The molecule has 0 atom stereocenters. The number of imidazole rings is 1. The zero-order valence-electron chi connectivity index (χ0n) is 11.2. The van der Waals surface area contributed by atoms with Crippen molar-refractivity contribution in [3.05, 3.63) is 45.9 Å². The Kier molecular flexibility index (Phi) is 2.98. The van der Waals surface area contributed by atoms with Crippen molar-refractivity contribution in [2.24, 2.45) is 0 Å². The number of nitrogen functional groups attached to an aromatic ring is 1. The molecule has 3 aromatic rings. The molecule has 0 amide bonds. The van der Waals surface area contributed by atoms with Gasteiger partial charge in [-0.15, -0.1) is 0 Å². The highest BCUT2D eigenvalue weighted by Crippen LogP contribution is 2.43. The van der Waals surface area contributed by atoms with Crippen LogP contribution in [-0.2, 0) is 0 Å². The quantitative estimate of drug-likeness (QED) is 0.649. The van der Waals surface area contributed by atoms with Crippen LogP contribution in [0.2, 0.25) is 5.02 Å². The van der Waals surface area contributed by atoms with Crippen molar-refractivity contribution >= 4 is 44.3 Å². The summed E-state index contributed by atoms with van der Waals surface area (Å²) >= 11 is 9.76. The molecule has 21 heavy (non-hydrogen) atoms. The molecular formula is C16H13BrClN3. The molecule has 0 unspecified atom stereocenters. The number of benzene rings is 2. The second-order valence-electron chi connectivity index (χ2n) is 5.41. The number of nitrogens with zero attached hydrogens (tertiary/aromatic N) is 2. The normalized spacial score (nSPS) is 14.8. The number of hydrogen-bond donors (Lipinski definition) is 1. The summed E-state index contributed by atoms with van der Waals surface area (Å²) in [4.78, 5) is 4.81. The maximum absolute atomic E-state index is 6.16. The van der Waals surface area contributed by atoms with Crippen LogP contribution < -0.4 is 5.73 Å². The van der Waals surface area contributed by atoms with E-state index in [1.807, 2.05) is 36.4 Å². The van der Waals surface area contributed by atoms with Crippen LogP contribution in [0.15, 0.2) is 40.9 Å². The Morgan fingerprint density at radius 3 is 2.76 bits per heavy atom. The van der Waals surface area contributed by atoms with E-state index in [1.165, 1.54) is 12.8 Å². The highest BCUT2D eigenvalue weighted by Gasteiger charge is 2.29. The van der Waals surface area contributed by atoms with E-state index in [-0.39, 0.29) is 0 Å². The van der Waals surface area contributed by atoms with Crippen LogP contribution in [0.3, 0.4) is 0 Å². The van der Waals surface area contributed by atoms with Crippen molar-refractivity contribution in [3.63, 3.8) is 0 Å². The molecule has 0 aliphatic heterocycles. The Bertz CT molecular complexity index is 852. The van der Waals surface area contributed by atoms with E-state index in [9.17, 15) is 0 Å². The lowest BCUT2D eigenvalue weighted by Crippen LogP contribution is -1.98. The second kappa shape index (κ2) is 4.75. The molecule has 1 aromatic heterocycles. The van der Waals surface area contributed by atoms with Crippen molar-refractivity contribution in [1.82, 2.24) is 9.55 Å². The first-order valence-electron chi connectivity index (χ1n) is 6.86. The lowest BCUT2D eigenvalue weighted by atomic mass is 10.2. The number of aromatic nitrogens is 2. The largest absolute Gasteiger partial charge is 0.399 e. The van der Waals surface area contributed by atoms with E-state index in [0.717, 1.165) is 37.6 Å². The van der Waals surface area contributed by atoms with Crippen LogP contribution in [0.25, 0.3) is 22.4 Å². The van der Waals surface area contributed by atoms with E-state index < -0.39 is 0 Å². The molecule has 2 aromatic carbocycles. The molecule has 106 valence electrons. The standard InChI is InChI=1S/C16H13BrClN3/c17-13-5-2-10(19)8-12(13)16-20-14-6-1-9(18)7-15(14)21(16)11-3-4-11/h1-2,5-8,11H,3-4,19H2. The zero-order chi connectivity index (χ0) is 14.6. The summed E-state index contributed by atoms with van der Waals surface area (Å²) < 4.78 is 3.29. The van der Waals surface area contributed by atoms with E-state index in [2.05, 4.69) is 20.5 Å². The van der Waals surface area contributed by atoms with Gasteiger partial charge in [-0.2, -0.15) is 0 Å². The van der Waals surface area contributed by atoms with Gasteiger partial charge in [-0.1, -0.05) is 27.5 Å². The van der Waals surface area contributed by atoms with Crippen molar-refractivity contribution in [1.29, 1.82) is 0 Å². The van der Waals surface area contributed by atoms with Gasteiger partial charge in [0, 0.05) is 26.8 Å². The Morgan fingerprint density at radius 1 is 1.19 bits per heavy atom. The van der Waals surface area contributed by atoms with E-state index in [1.54, 1.807) is 0 Å². The molecule has 3 nitrogen and oxygen atoms in total. The molecule has 4 rings (SSSR count). The molecule has 1 saturated carbocycles. The SMILES string of the molecule is Nc1ccc(Br)c(-c2nc3ccc(Cl)cc3n2C2CC2)c1. The summed E-state index contributed by atoms with van der Waals surface area (Å²) in [7, 11) is 0. The van der Waals surface area contributed by atoms with E-state index in [4.69, 9.17) is 22.3 Å². The van der Waals surface area contributed by atoms with E-state index in [0.29, 0.717) is 6.04 Å². The van der Waals surface area contributed by atoms with Crippen LogP contribution in [0.1, 0.15) is 18.9 Å². The first-order valence-corrected chi connectivity index (χ1v) is 8.03. The Labute approximate surface area is 135 Å². The fourth-order valence-electron chi connectivity index (χ4n) is 2.67. The van der Waals surface area contributed by atoms with Crippen LogP contribution >= 0.6 is 27.5 Å². The van der Waals surface area contributed by atoms with Gasteiger partial charge in [-0.3, -0.25) is 0 Å². The molecule has 1 heterocycles. The van der Waals surface area contributed by atoms with Gasteiger partial charge in [0.1, 0.15) is 5.82 Å². The third-order valence-electron chi connectivity index (χ3n) is 3.79. The number of hydrogen-bond acceptors (Lipinski definition) is 2. The van der Waals surface area contributed by atoms with Crippen LogP contribution in [0.4, 0.5) is 5.69 Å². The first-order chi connectivity index (χ1) is 10.1. The monoisotopic (exact) mass is 361 g/mol. The van der Waals surface area contributed by atoms with Gasteiger partial charge in [0.25, 0.3) is 0 Å². The number of halogens is 2. The van der Waals surface area contributed by atoms with Crippen LogP contribution in [-0.4, -0.2) is 9.55 Å². The lowest BCUT2D eigenvalue weighted by molar-refractivity contribution is 0.775. The summed E-state index contributed by atoms with van der Waals surface area (Å²) in [6.45, 7) is 0. The number of fused-ring (bicyclic) bond motifs is 1. The molecule has 1 aliphatic carbocycles. The summed E-state index contributed by atoms with van der Waals surface area (Å²) in [5.41, 5.74) is 9.77. The molecular weight excluding hydrogens is 350 g/mol.